The van der Waals surface area contributed by atoms with Gasteiger partial charge in [-0.15, -0.1) is 36.2 Å². The number of nitrogens with zero attached hydrogens (tertiary/aromatic N) is 2. The van der Waals surface area contributed by atoms with E-state index in [0.29, 0.717) is 19.7 Å². The van der Waals surface area contributed by atoms with Crippen LogP contribution in [0.1, 0.15) is 9.88 Å². The first-order valence-corrected chi connectivity index (χ1v) is 6.47. The normalized spacial score (nSPS) is 18.1. The molecule has 0 aromatic carbocycles. The lowest BCUT2D eigenvalue weighted by molar-refractivity contribution is -0.144. The van der Waals surface area contributed by atoms with Gasteiger partial charge in [0, 0.05) is 31.2 Å². The third-order valence-electron chi connectivity index (χ3n) is 2.64. The van der Waals surface area contributed by atoms with Crippen molar-refractivity contribution in [3.05, 3.63) is 16.1 Å². The van der Waals surface area contributed by atoms with E-state index in [4.69, 9.17) is 4.74 Å². The Kier molecular flexibility index (Phi) is 8.52. The van der Waals surface area contributed by atoms with Gasteiger partial charge in [-0.2, -0.15) is 0 Å². The number of rotatable bonds is 3. The highest BCUT2D eigenvalue weighted by Crippen LogP contribution is 2.14. The number of halogens is 2. The van der Waals surface area contributed by atoms with E-state index in [9.17, 15) is 4.79 Å². The number of thiazole rings is 1. The molecule has 1 aliphatic heterocycles. The second-order valence-electron chi connectivity index (χ2n) is 4.10. The van der Waals surface area contributed by atoms with Gasteiger partial charge in [0.15, 0.2) is 0 Å². The number of aromatic nitrogens is 1. The maximum absolute atomic E-state index is 12.1. The van der Waals surface area contributed by atoms with Gasteiger partial charge in [0.05, 0.1) is 18.2 Å². The van der Waals surface area contributed by atoms with Crippen LogP contribution in [0.4, 0.5) is 0 Å². The van der Waals surface area contributed by atoms with Gasteiger partial charge in [-0.05, 0) is 6.92 Å². The molecule has 5 nitrogen and oxygen atoms in total. The Bertz CT molecular complexity index is 397. The van der Waals surface area contributed by atoms with Gasteiger partial charge in [0.25, 0.3) is 5.91 Å². The summed E-state index contributed by atoms with van der Waals surface area (Å²) in [5.41, 5.74) is 0. The molecule has 0 radical (unpaired) electrons. The molecule has 2 rings (SSSR count). The minimum absolute atomic E-state index is 0. The van der Waals surface area contributed by atoms with Crippen molar-refractivity contribution in [2.45, 2.75) is 19.6 Å². The van der Waals surface area contributed by atoms with Crippen molar-refractivity contribution in [3.8, 4) is 0 Å². The highest BCUT2D eigenvalue weighted by atomic mass is 35.5. The number of nitrogens with one attached hydrogen (secondary N) is 1. The zero-order chi connectivity index (χ0) is 12.3. The van der Waals surface area contributed by atoms with Crippen LogP contribution in [0, 0.1) is 6.92 Å². The van der Waals surface area contributed by atoms with Crippen LogP contribution in [-0.2, 0) is 16.1 Å². The quantitative estimate of drug-likeness (QED) is 0.907. The van der Waals surface area contributed by atoms with E-state index in [1.165, 1.54) is 0 Å². The molecule has 0 spiro atoms. The number of carbonyl (C=O) groups is 1. The Hall–Kier alpha value is -0.400. The van der Waals surface area contributed by atoms with Crippen LogP contribution in [0.15, 0.2) is 6.20 Å². The summed E-state index contributed by atoms with van der Waals surface area (Å²) in [5.74, 6) is 0.0308. The first-order valence-electron chi connectivity index (χ1n) is 5.65. The van der Waals surface area contributed by atoms with Crippen LogP contribution in [0.2, 0.25) is 0 Å². The average molecular weight is 328 g/mol. The summed E-state index contributed by atoms with van der Waals surface area (Å²) in [4.78, 5) is 19.0. The summed E-state index contributed by atoms with van der Waals surface area (Å²) < 4.78 is 5.44. The third kappa shape index (κ3) is 5.24. The average Bonchev–Trinajstić information content (AvgIpc) is 2.75. The molecule has 19 heavy (non-hydrogen) atoms. The number of amides is 1. The molecule has 0 aliphatic carbocycles. The Morgan fingerprint density at radius 1 is 1.63 bits per heavy atom. The van der Waals surface area contributed by atoms with E-state index in [0.717, 1.165) is 16.4 Å². The molecule has 1 saturated heterocycles. The second-order valence-corrected chi connectivity index (χ2v) is 5.42. The standard InChI is InChI=1S/C11H17N3O2S.2ClH/c1-8-13-5-9(17-8)7-14(2)11(15)10-6-12-3-4-16-10;;/h5,10,12H,3-4,6-7H2,1-2H3;2*1H. The number of ether oxygens (including phenoxy) is 1. The summed E-state index contributed by atoms with van der Waals surface area (Å²) in [6.07, 6.45) is 1.48. The predicted octanol–water partition coefficient (Wildman–Crippen LogP) is 1.24. The number of likely N-dealkylation sites (N-methyl/N-ethyl adjacent to an activating group) is 1. The minimum Gasteiger partial charge on any atom is -0.366 e. The molecule has 1 unspecified atom stereocenters. The number of hydrogen-bond donors (Lipinski definition) is 1. The molecule has 1 fully saturated rings. The maximum Gasteiger partial charge on any atom is 0.253 e. The zero-order valence-corrected chi connectivity index (χ0v) is 13.4. The molecule has 1 aliphatic rings. The Morgan fingerprint density at radius 3 is 2.89 bits per heavy atom. The molecule has 0 bridgehead atoms. The van der Waals surface area contributed by atoms with Crippen LogP contribution in [0.5, 0.6) is 0 Å². The van der Waals surface area contributed by atoms with Gasteiger partial charge < -0.3 is 15.0 Å². The third-order valence-corrected chi connectivity index (χ3v) is 3.54. The highest BCUT2D eigenvalue weighted by molar-refractivity contribution is 7.11. The Balaban J connectivity index is 0.00000162. The topological polar surface area (TPSA) is 54.5 Å². The van der Waals surface area contributed by atoms with E-state index >= 15 is 0 Å². The largest absolute Gasteiger partial charge is 0.366 e. The predicted molar refractivity (Wildman–Crippen MR) is 80.4 cm³/mol. The van der Waals surface area contributed by atoms with Gasteiger partial charge in [-0.25, -0.2) is 4.98 Å². The van der Waals surface area contributed by atoms with Crippen molar-refractivity contribution in [1.82, 2.24) is 15.2 Å². The van der Waals surface area contributed by atoms with Gasteiger partial charge in [-0.3, -0.25) is 4.79 Å². The number of hydrogen-bond acceptors (Lipinski definition) is 5. The van der Waals surface area contributed by atoms with E-state index < -0.39 is 0 Å². The van der Waals surface area contributed by atoms with E-state index in [-0.39, 0.29) is 36.8 Å². The monoisotopic (exact) mass is 327 g/mol. The summed E-state index contributed by atoms with van der Waals surface area (Å²) in [6.45, 7) is 4.59. The van der Waals surface area contributed by atoms with Gasteiger partial charge in [-0.1, -0.05) is 0 Å². The number of morpholine rings is 1. The maximum atomic E-state index is 12.1. The molecule has 110 valence electrons. The van der Waals surface area contributed by atoms with E-state index in [2.05, 4.69) is 10.3 Å². The number of aryl methyl sites for hydroxylation is 1. The summed E-state index contributed by atoms with van der Waals surface area (Å²) in [7, 11) is 1.80. The van der Waals surface area contributed by atoms with Crippen LogP contribution in [-0.4, -0.2) is 48.6 Å². The lowest BCUT2D eigenvalue weighted by atomic mass is 10.2. The molecule has 0 saturated carbocycles. The molecular weight excluding hydrogens is 309 g/mol. The molecule has 1 N–H and O–H groups in total. The fourth-order valence-corrected chi connectivity index (χ4v) is 2.61. The first kappa shape index (κ1) is 18.6. The van der Waals surface area contributed by atoms with Crippen molar-refractivity contribution in [2.75, 3.05) is 26.7 Å². The van der Waals surface area contributed by atoms with Crippen LogP contribution >= 0.6 is 36.2 Å². The Morgan fingerprint density at radius 2 is 2.37 bits per heavy atom. The fourth-order valence-electron chi connectivity index (χ4n) is 1.76. The molecule has 2 heterocycles. The molecular formula is C11H19Cl2N3O2S. The molecule has 1 aromatic heterocycles. The lowest BCUT2D eigenvalue weighted by Gasteiger charge is -2.26. The second kappa shape index (κ2) is 8.71. The molecule has 1 atom stereocenters. The highest BCUT2D eigenvalue weighted by Gasteiger charge is 2.25. The van der Waals surface area contributed by atoms with Gasteiger partial charge in [0.2, 0.25) is 0 Å². The molecule has 1 amide bonds. The van der Waals surface area contributed by atoms with Crippen molar-refractivity contribution in [1.29, 1.82) is 0 Å². The SMILES string of the molecule is Cc1ncc(CN(C)C(=O)C2CNCCO2)s1.Cl.Cl. The molecule has 8 heteroatoms. The smallest absolute Gasteiger partial charge is 0.253 e. The van der Waals surface area contributed by atoms with E-state index in [1.807, 2.05) is 13.1 Å². The van der Waals surface area contributed by atoms with Crippen LogP contribution in [0.25, 0.3) is 0 Å². The van der Waals surface area contributed by atoms with Crippen LogP contribution in [0.3, 0.4) is 0 Å². The zero-order valence-electron chi connectivity index (χ0n) is 10.9. The number of carbonyl (C=O) groups excluding carboxylic acids is 1. The van der Waals surface area contributed by atoms with Crippen LogP contribution < -0.4 is 5.32 Å². The van der Waals surface area contributed by atoms with Crippen molar-refractivity contribution < 1.29 is 9.53 Å². The summed E-state index contributed by atoms with van der Waals surface area (Å²) in [6, 6.07) is 0. The van der Waals surface area contributed by atoms with Crippen molar-refractivity contribution in [2.24, 2.45) is 0 Å². The Labute approximate surface area is 129 Å². The van der Waals surface area contributed by atoms with Crippen molar-refractivity contribution in [3.63, 3.8) is 0 Å². The minimum atomic E-state index is -0.345. The lowest BCUT2D eigenvalue weighted by Crippen LogP contribution is -2.48. The van der Waals surface area contributed by atoms with E-state index in [1.54, 1.807) is 23.3 Å². The van der Waals surface area contributed by atoms with Gasteiger partial charge in [0.1, 0.15) is 6.10 Å². The van der Waals surface area contributed by atoms with Gasteiger partial charge >= 0.3 is 0 Å². The summed E-state index contributed by atoms with van der Waals surface area (Å²) in [5, 5.41) is 4.18. The van der Waals surface area contributed by atoms with Crippen molar-refractivity contribution >= 4 is 42.1 Å². The summed E-state index contributed by atoms with van der Waals surface area (Å²) >= 11 is 1.62. The molecule has 1 aromatic rings. The first-order chi connectivity index (χ1) is 8.16. The fraction of sp³-hybridized carbons (Fsp3) is 0.636.